The first-order valence-corrected chi connectivity index (χ1v) is 8.24. The van der Waals surface area contributed by atoms with Crippen molar-refractivity contribution in [1.82, 2.24) is 15.6 Å². The third-order valence-electron chi connectivity index (χ3n) is 3.40. The Morgan fingerprint density at radius 3 is 2.50 bits per heavy atom. The van der Waals surface area contributed by atoms with Crippen LogP contribution in [0.2, 0.25) is 0 Å². The van der Waals surface area contributed by atoms with E-state index in [2.05, 4.69) is 35.5 Å². The van der Waals surface area contributed by atoms with E-state index < -0.39 is 11.8 Å². The van der Waals surface area contributed by atoms with Crippen molar-refractivity contribution in [2.24, 2.45) is 0 Å². The third-order valence-corrected chi connectivity index (χ3v) is 3.40. The molecule has 1 rings (SSSR count). The molecule has 0 saturated heterocycles. The predicted octanol–water partition coefficient (Wildman–Crippen LogP) is 2.55. The van der Waals surface area contributed by atoms with Crippen LogP contribution in [0.3, 0.4) is 0 Å². The van der Waals surface area contributed by atoms with Gasteiger partial charge in [-0.05, 0) is 45.7 Å². The van der Waals surface area contributed by atoms with Crippen LogP contribution in [0.1, 0.15) is 39.3 Å². The van der Waals surface area contributed by atoms with Gasteiger partial charge in [0.25, 0.3) is 0 Å². The lowest BCUT2D eigenvalue weighted by molar-refractivity contribution is -0.139. The zero-order valence-corrected chi connectivity index (χ0v) is 14.8. The van der Waals surface area contributed by atoms with Crippen LogP contribution in [-0.2, 0) is 16.0 Å². The predicted molar refractivity (Wildman–Crippen MR) is 96.4 cm³/mol. The van der Waals surface area contributed by atoms with Crippen LogP contribution in [0.15, 0.2) is 47.7 Å². The van der Waals surface area contributed by atoms with Gasteiger partial charge in [-0.1, -0.05) is 29.4 Å². The van der Waals surface area contributed by atoms with Gasteiger partial charge in [0.1, 0.15) is 0 Å². The number of aromatic nitrogens is 1. The Bertz CT molecular complexity index is 588. The second-order valence-electron chi connectivity index (χ2n) is 5.91. The molecule has 0 aromatic carbocycles. The zero-order valence-electron chi connectivity index (χ0n) is 14.8. The van der Waals surface area contributed by atoms with Crippen LogP contribution < -0.4 is 10.6 Å². The van der Waals surface area contributed by atoms with E-state index in [1.165, 1.54) is 11.1 Å². The lowest BCUT2D eigenvalue weighted by Crippen LogP contribution is -2.40. The fourth-order valence-electron chi connectivity index (χ4n) is 2.02. The van der Waals surface area contributed by atoms with Crippen LogP contribution in [0.25, 0.3) is 0 Å². The van der Waals surface area contributed by atoms with Gasteiger partial charge in [0.05, 0.1) is 0 Å². The average molecular weight is 329 g/mol. The standard InChI is InChI=1S/C19H27N3O2/c1-15(2)7-6-8-16(3)10-13-21-18(23)19(24)22-14-11-17-9-4-5-12-20-17/h4-5,7,9-10,12H,6,8,11,13-14H2,1-3H3,(H,21,23)(H,22,24). The van der Waals surface area contributed by atoms with Crippen molar-refractivity contribution in [1.29, 1.82) is 0 Å². The van der Waals surface area contributed by atoms with Crippen molar-refractivity contribution >= 4 is 11.8 Å². The summed E-state index contributed by atoms with van der Waals surface area (Å²) in [7, 11) is 0. The number of carbonyl (C=O) groups is 2. The second-order valence-corrected chi connectivity index (χ2v) is 5.91. The molecule has 1 heterocycles. The Morgan fingerprint density at radius 2 is 1.83 bits per heavy atom. The van der Waals surface area contributed by atoms with E-state index >= 15 is 0 Å². The van der Waals surface area contributed by atoms with E-state index in [1.54, 1.807) is 6.20 Å². The van der Waals surface area contributed by atoms with Crippen LogP contribution in [0.5, 0.6) is 0 Å². The smallest absolute Gasteiger partial charge is 0.309 e. The minimum atomic E-state index is -0.610. The summed E-state index contributed by atoms with van der Waals surface area (Å²) in [5, 5.41) is 5.20. The summed E-state index contributed by atoms with van der Waals surface area (Å²) in [5.74, 6) is -1.22. The number of hydrogen-bond donors (Lipinski definition) is 2. The molecule has 0 bridgehead atoms. The topological polar surface area (TPSA) is 71.1 Å². The molecular formula is C19H27N3O2. The van der Waals surface area contributed by atoms with E-state index in [0.29, 0.717) is 19.5 Å². The highest BCUT2D eigenvalue weighted by atomic mass is 16.2. The van der Waals surface area contributed by atoms with E-state index in [4.69, 9.17) is 0 Å². The molecular weight excluding hydrogens is 302 g/mol. The normalized spacial score (nSPS) is 10.9. The number of nitrogens with one attached hydrogen (secondary N) is 2. The summed E-state index contributed by atoms with van der Waals surface area (Å²) >= 11 is 0. The molecule has 0 aliphatic heterocycles. The van der Waals surface area contributed by atoms with E-state index in [-0.39, 0.29) is 0 Å². The molecule has 0 atom stereocenters. The molecule has 1 aromatic rings. The molecule has 0 fully saturated rings. The van der Waals surface area contributed by atoms with Crippen LogP contribution >= 0.6 is 0 Å². The Hall–Kier alpha value is -2.43. The summed E-state index contributed by atoms with van der Waals surface area (Å²) in [6.45, 7) is 6.93. The minimum Gasteiger partial charge on any atom is -0.347 e. The average Bonchev–Trinajstić information content (AvgIpc) is 2.55. The quantitative estimate of drug-likeness (QED) is 0.569. The number of hydrogen-bond acceptors (Lipinski definition) is 3. The Balaban J connectivity index is 2.21. The highest BCUT2D eigenvalue weighted by Crippen LogP contribution is 2.05. The molecule has 0 unspecified atom stereocenters. The molecule has 0 spiro atoms. The highest BCUT2D eigenvalue weighted by Gasteiger charge is 2.11. The first-order chi connectivity index (χ1) is 11.5. The van der Waals surface area contributed by atoms with E-state index in [9.17, 15) is 9.59 Å². The Labute approximate surface area is 144 Å². The Morgan fingerprint density at radius 1 is 1.08 bits per heavy atom. The summed E-state index contributed by atoms with van der Waals surface area (Å²) in [4.78, 5) is 27.5. The Kier molecular flexibility index (Phi) is 9.12. The van der Waals surface area contributed by atoms with Gasteiger partial charge >= 0.3 is 11.8 Å². The van der Waals surface area contributed by atoms with Crippen LogP contribution in [0, 0.1) is 0 Å². The van der Waals surface area contributed by atoms with Gasteiger partial charge in [-0.15, -0.1) is 0 Å². The maximum atomic E-state index is 11.7. The van der Waals surface area contributed by atoms with Gasteiger partial charge in [-0.2, -0.15) is 0 Å². The van der Waals surface area contributed by atoms with Gasteiger partial charge in [0.2, 0.25) is 0 Å². The van der Waals surface area contributed by atoms with Crippen molar-refractivity contribution in [2.75, 3.05) is 13.1 Å². The lowest BCUT2D eigenvalue weighted by atomic mass is 10.1. The summed E-state index contributed by atoms with van der Waals surface area (Å²) in [6.07, 6.45) is 8.38. The second kappa shape index (κ2) is 11.2. The van der Waals surface area contributed by atoms with Crippen molar-refractivity contribution in [3.63, 3.8) is 0 Å². The molecule has 0 saturated carbocycles. The maximum Gasteiger partial charge on any atom is 0.309 e. The van der Waals surface area contributed by atoms with Crippen molar-refractivity contribution < 1.29 is 9.59 Å². The van der Waals surface area contributed by atoms with E-state index in [0.717, 1.165) is 18.5 Å². The van der Waals surface area contributed by atoms with Crippen LogP contribution in [-0.4, -0.2) is 29.9 Å². The molecule has 5 nitrogen and oxygen atoms in total. The molecule has 2 N–H and O–H groups in total. The largest absolute Gasteiger partial charge is 0.347 e. The van der Waals surface area contributed by atoms with Gasteiger partial charge < -0.3 is 10.6 Å². The summed E-state index contributed by atoms with van der Waals surface area (Å²) in [5.41, 5.74) is 3.38. The summed E-state index contributed by atoms with van der Waals surface area (Å²) < 4.78 is 0. The van der Waals surface area contributed by atoms with Crippen molar-refractivity contribution in [2.45, 2.75) is 40.0 Å². The molecule has 0 aliphatic rings. The number of allylic oxidation sites excluding steroid dienone is 3. The SMILES string of the molecule is CC(C)=CCCC(C)=CCNC(=O)C(=O)NCCc1ccccn1. The zero-order chi connectivity index (χ0) is 17.8. The van der Waals surface area contributed by atoms with E-state index in [1.807, 2.05) is 31.2 Å². The third kappa shape index (κ3) is 8.88. The molecule has 0 aliphatic carbocycles. The minimum absolute atomic E-state index is 0.368. The lowest BCUT2D eigenvalue weighted by Gasteiger charge is -2.05. The molecule has 0 radical (unpaired) electrons. The van der Waals surface area contributed by atoms with Gasteiger partial charge in [-0.3, -0.25) is 14.6 Å². The number of carbonyl (C=O) groups excluding carboxylic acids is 2. The summed E-state index contributed by atoms with van der Waals surface area (Å²) in [6, 6.07) is 5.61. The number of rotatable bonds is 8. The maximum absolute atomic E-state index is 11.7. The van der Waals surface area contributed by atoms with Crippen molar-refractivity contribution in [3.8, 4) is 0 Å². The number of nitrogens with zero attached hydrogens (tertiary/aromatic N) is 1. The first kappa shape index (κ1) is 19.6. The van der Waals surface area contributed by atoms with Crippen molar-refractivity contribution in [3.05, 3.63) is 53.4 Å². The molecule has 1 aromatic heterocycles. The fraction of sp³-hybridized carbons (Fsp3) is 0.421. The molecule has 5 heteroatoms. The monoisotopic (exact) mass is 329 g/mol. The number of pyridine rings is 1. The molecule has 130 valence electrons. The van der Waals surface area contributed by atoms with Gasteiger partial charge in [0, 0.05) is 31.4 Å². The first-order valence-electron chi connectivity index (χ1n) is 8.24. The molecule has 2 amide bonds. The van der Waals surface area contributed by atoms with Gasteiger partial charge in [0.15, 0.2) is 0 Å². The van der Waals surface area contributed by atoms with Gasteiger partial charge in [-0.25, -0.2) is 0 Å². The highest BCUT2D eigenvalue weighted by molar-refractivity contribution is 6.35. The molecule has 24 heavy (non-hydrogen) atoms. The fourth-order valence-corrected chi connectivity index (χ4v) is 2.02. The number of amides is 2. The van der Waals surface area contributed by atoms with Crippen LogP contribution in [0.4, 0.5) is 0 Å².